The first-order valence-electron chi connectivity index (χ1n) is 8.25. The lowest BCUT2D eigenvalue weighted by Crippen LogP contribution is -2.25. The van der Waals surface area contributed by atoms with E-state index < -0.39 is 5.97 Å². The number of ether oxygens (including phenoxy) is 1. The van der Waals surface area contributed by atoms with E-state index >= 15 is 0 Å². The minimum Gasteiger partial charge on any atom is -0.493 e. The number of hydrogen-bond donors (Lipinski definition) is 2. The van der Waals surface area contributed by atoms with Gasteiger partial charge in [0.25, 0.3) is 0 Å². The summed E-state index contributed by atoms with van der Waals surface area (Å²) in [5, 5.41) is 11.8. The van der Waals surface area contributed by atoms with E-state index in [2.05, 4.69) is 19.2 Å². The molecule has 5 nitrogen and oxygen atoms in total. The molecule has 2 rings (SSSR count). The molecule has 5 heteroatoms. The van der Waals surface area contributed by atoms with Gasteiger partial charge in [-0.3, -0.25) is 4.79 Å². The van der Waals surface area contributed by atoms with Gasteiger partial charge >= 0.3 is 5.97 Å². The Kier molecular flexibility index (Phi) is 6.57. The predicted octanol–water partition coefficient (Wildman–Crippen LogP) is 3.28. The van der Waals surface area contributed by atoms with E-state index in [0.29, 0.717) is 19.1 Å². The van der Waals surface area contributed by atoms with Gasteiger partial charge in [-0.05, 0) is 29.7 Å². The van der Waals surface area contributed by atoms with E-state index in [-0.39, 0.29) is 17.9 Å². The third-order valence-corrected chi connectivity index (χ3v) is 3.59. The maximum atomic E-state index is 12.1. The van der Waals surface area contributed by atoms with Crippen LogP contribution in [-0.2, 0) is 17.8 Å². The molecule has 0 saturated carbocycles. The number of aromatic carboxylic acids is 1. The van der Waals surface area contributed by atoms with Crippen molar-refractivity contribution in [3.8, 4) is 5.75 Å². The van der Waals surface area contributed by atoms with Gasteiger partial charge in [0.05, 0.1) is 18.6 Å². The highest BCUT2D eigenvalue weighted by atomic mass is 16.5. The van der Waals surface area contributed by atoms with E-state index in [9.17, 15) is 9.59 Å². The van der Waals surface area contributed by atoms with Crippen LogP contribution in [0.2, 0.25) is 0 Å². The van der Waals surface area contributed by atoms with Crippen LogP contribution < -0.4 is 10.1 Å². The molecule has 1 amide bonds. The molecule has 0 aliphatic carbocycles. The summed E-state index contributed by atoms with van der Waals surface area (Å²) in [6, 6.07) is 14.0. The Balaban J connectivity index is 1.90. The smallest absolute Gasteiger partial charge is 0.335 e. The predicted molar refractivity (Wildman–Crippen MR) is 95.7 cm³/mol. The number of benzene rings is 2. The Hall–Kier alpha value is -2.82. The molecule has 0 bridgehead atoms. The second-order valence-electron chi connectivity index (χ2n) is 6.27. The van der Waals surface area contributed by atoms with Crippen LogP contribution in [-0.4, -0.2) is 23.6 Å². The molecule has 25 heavy (non-hydrogen) atoms. The Morgan fingerprint density at radius 2 is 1.76 bits per heavy atom. The van der Waals surface area contributed by atoms with Crippen LogP contribution >= 0.6 is 0 Å². The quantitative estimate of drug-likeness (QED) is 0.772. The van der Waals surface area contributed by atoms with E-state index in [1.54, 1.807) is 12.1 Å². The summed E-state index contributed by atoms with van der Waals surface area (Å²) >= 11 is 0. The summed E-state index contributed by atoms with van der Waals surface area (Å²) < 4.78 is 5.78. The van der Waals surface area contributed by atoms with Crippen LogP contribution in [0.4, 0.5) is 0 Å². The Morgan fingerprint density at radius 1 is 1.08 bits per heavy atom. The van der Waals surface area contributed by atoms with Crippen molar-refractivity contribution in [3.63, 3.8) is 0 Å². The molecule has 132 valence electrons. The number of nitrogens with one attached hydrogen (secondary N) is 1. The van der Waals surface area contributed by atoms with Crippen molar-refractivity contribution in [2.24, 2.45) is 5.92 Å². The second-order valence-corrected chi connectivity index (χ2v) is 6.27. The lowest BCUT2D eigenvalue weighted by Gasteiger charge is -2.13. The standard InChI is InChI=1S/C20H23NO4/c1-14(2)13-25-18-6-4-3-5-17(18)12-21-19(22)11-15-7-9-16(10-8-15)20(23)24/h3-10,14H,11-13H2,1-2H3,(H,21,22)(H,23,24). The van der Waals surface area contributed by atoms with Gasteiger partial charge in [-0.15, -0.1) is 0 Å². The van der Waals surface area contributed by atoms with E-state index in [4.69, 9.17) is 9.84 Å². The topological polar surface area (TPSA) is 75.6 Å². The molecule has 0 heterocycles. The summed E-state index contributed by atoms with van der Waals surface area (Å²) in [5.74, 6) is 0.106. The van der Waals surface area contributed by atoms with Crippen LogP contribution in [0.3, 0.4) is 0 Å². The van der Waals surface area contributed by atoms with Crippen LogP contribution in [0, 0.1) is 5.92 Å². The maximum absolute atomic E-state index is 12.1. The summed E-state index contributed by atoms with van der Waals surface area (Å²) in [6.45, 7) is 5.18. The first-order valence-corrected chi connectivity index (χ1v) is 8.25. The van der Waals surface area contributed by atoms with Crippen molar-refractivity contribution in [2.45, 2.75) is 26.8 Å². The highest BCUT2D eigenvalue weighted by molar-refractivity contribution is 5.87. The second kappa shape index (κ2) is 8.87. The van der Waals surface area contributed by atoms with Crippen molar-refractivity contribution in [3.05, 3.63) is 65.2 Å². The Morgan fingerprint density at radius 3 is 2.40 bits per heavy atom. The number of carboxylic acid groups (broad SMARTS) is 1. The van der Waals surface area contributed by atoms with Gasteiger partial charge in [-0.25, -0.2) is 4.79 Å². The summed E-state index contributed by atoms with van der Waals surface area (Å²) in [7, 11) is 0. The highest BCUT2D eigenvalue weighted by Crippen LogP contribution is 2.18. The fourth-order valence-electron chi connectivity index (χ4n) is 2.25. The number of para-hydroxylation sites is 1. The summed E-state index contributed by atoms with van der Waals surface area (Å²) in [6.07, 6.45) is 0.203. The minimum absolute atomic E-state index is 0.123. The number of carbonyl (C=O) groups is 2. The molecule has 0 saturated heterocycles. The number of carboxylic acids is 1. The zero-order chi connectivity index (χ0) is 18.2. The zero-order valence-corrected chi connectivity index (χ0v) is 14.5. The molecule has 0 atom stereocenters. The van der Waals surface area contributed by atoms with E-state index in [1.807, 2.05) is 24.3 Å². The monoisotopic (exact) mass is 341 g/mol. The first kappa shape index (κ1) is 18.5. The van der Waals surface area contributed by atoms with Gasteiger partial charge in [0, 0.05) is 12.1 Å². The zero-order valence-electron chi connectivity index (χ0n) is 14.5. The van der Waals surface area contributed by atoms with Crippen LogP contribution in [0.1, 0.15) is 35.3 Å². The fourth-order valence-corrected chi connectivity index (χ4v) is 2.25. The van der Waals surface area contributed by atoms with E-state index in [1.165, 1.54) is 12.1 Å². The van der Waals surface area contributed by atoms with Crippen LogP contribution in [0.25, 0.3) is 0 Å². The van der Waals surface area contributed by atoms with Crippen molar-refractivity contribution in [2.75, 3.05) is 6.61 Å². The van der Waals surface area contributed by atoms with Gasteiger partial charge in [-0.1, -0.05) is 44.2 Å². The average Bonchev–Trinajstić information content (AvgIpc) is 2.59. The number of rotatable bonds is 8. The maximum Gasteiger partial charge on any atom is 0.335 e. The SMILES string of the molecule is CC(C)COc1ccccc1CNC(=O)Cc1ccc(C(=O)O)cc1. The van der Waals surface area contributed by atoms with Gasteiger partial charge in [0.1, 0.15) is 5.75 Å². The molecule has 0 aliphatic heterocycles. The normalized spacial score (nSPS) is 10.5. The molecule has 0 radical (unpaired) electrons. The number of hydrogen-bond acceptors (Lipinski definition) is 3. The lowest BCUT2D eigenvalue weighted by molar-refractivity contribution is -0.120. The van der Waals surface area contributed by atoms with Crippen LogP contribution in [0.5, 0.6) is 5.75 Å². The fraction of sp³-hybridized carbons (Fsp3) is 0.300. The Labute approximate surface area is 147 Å². The number of amides is 1. The third-order valence-electron chi connectivity index (χ3n) is 3.59. The van der Waals surface area contributed by atoms with Crippen molar-refractivity contribution in [1.82, 2.24) is 5.32 Å². The third kappa shape index (κ3) is 5.95. The van der Waals surface area contributed by atoms with Crippen LogP contribution in [0.15, 0.2) is 48.5 Å². The minimum atomic E-state index is -0.978. The van der Waals surface area contributed by atoms with E-state index in [0.717, 1.165) is 16.9 Å². The molecule has 2 N–H and O–H groups in total. The van der Waals surface area contributed by atoms with Gasteiger partial charge in [0.2, 0.25) is 5.91 Å². The molecule has 0 aliphatic rings. The molecule has 0 fully saturated rings. The molecule has 2 aromatic rings. The molecule has 0 aromatic heterocycles. The average molecular weight is 341 g/mol. The van der Waals surface area contributed by atoms with Gasteiger partial charge < -0.3 is 15.2 Å². The largest absolute Gasteiger partial charge is 0.493 e. The number of carbonyl (C=O) groups excluding carboxylic acids is 1. The highest BCUT2D eigenvalue weighted by Gasteiger charge is 2.08. The summed E-state index contributed by atoms with van der Waals surface area (Å²) in [5.41, 5.74) is 1.91. The summed E-state index contributed by atoms with van der Waals surface area (Å²) in [4.78, 5) is 22.9. The molecule has 2 aromatic carbocycles. The molecular formula is C20H23NO4. The van der Waals surface area contributed by atoms with Crippen molar-refractivity contribution in [1.29, 1.82) is 0 Å². The lowest BCUT2D eigenvalue weighted by atomic mass is 10.1. The van der Waals surface area contributed by atoms with Gasteiger partial charge in [0.15, 0.2) is 0 Å². The molecule has 0 unspecified atom stereocenters. The Bertz CT molecular complexity index is 723. The van der Waals surface area contributed by atoms with Crippen molar-refractivity contribution < 1.29 is 19.4 Å². The molecular weight excluding hydrogens is 318 g/mol. The first-order chi connectivity index (χ1) is 12.0. The van der Waals surface area contributed by atoms with Crippen molar-refractivity contribution >= 4 is 11.9 Å². The molecule has 0 spiro atoms. The van der Waals surface area contributed by atoms with Gasteiger partial charge in [-0.2, -0.15) is 0 Å².